The molecule has 7 heteroatoms. The number of hydrogen-bond acceptors (Lipinski definition) is 6. The zero-order valence-electron chi connectivity index (χ0n) is 16.1. The molecule has 1 aromatic heterocycles. The molecule has 0 spiro atoms. The van der Waals surface area contributed by atoms with Crippen LogP contribution >= 0.6 is 23.1 Å². The van der Waals surface area contributed by atoms with Crippen LogP contribution < -0.4 is 10.6 Å². The van der Waals surface area contributed by atoms with Crippen LogP contribution in [-0.4, -0.2) is 21.9 Å². The van der Waals surface area contributed by atoms with E-state index in [0.717, 1.165) is 32.8 Å². The summed E-state index contributed by atoms with van der Waals surface area (Å²) in [4.78, 5) is 12.2. The van der Waals surface area contributed by atoms with Crippen molar-refractivity contribution >= 4 is 45.5 Å². The van der Waals surface area contributed by atoms with Crippen LogP contribution in [0.5, 0.6) is 0 Å². The fourth-order valence-electron chi connectivity index (χ4n) is 2.61. The number of carbonyl (C=O) groups excluding carboxylic acids is 1. The third kappa shape index (κ3) is 6.07. The quantitative estimate of drug-likeness (QED) is 0.444. The highest BCUT2D eigenvalue weighted by Gasteiger charge is 2.09. The van der Waals surface area contributed by atoms with Gasteiger partial charge in [-0.25, -0.2) is 0 Å². The molecule has 0 unspecified atom stereocenters. The molecule has 1 amide bonds. The van der Waals surface area contributed by atoms with Crippen molar-refractivity contribution in [1.29, 1.82) is 0 Å². The number of hydrogen-bond donors (Lipinski definition) is 2. The zero-order valence-corrected chi connectivity index (χ0v) is 17.7. The Morgan fingerprint density at radius 2 is 1.89 bits per heavy atom. The molecule has 0 aliphatic carbocycles. The smallest absolute Gasteiger partial charge is 0.234 e. The second kappa shape index (κ2) is 10.2. The molecule has 146 valence electrons. The third-order valence-corrected chi connectivity index (χ3v) is 6.15. The summed E-state index contributed by atoms with van der Waals surface area (Å²) in [5.74, 6) is 0.256. The molecule has 0 fully saturated rings. The molecule has 0 saturated heterocycles. The average Bonchev–Trinajstić information content (AvgIpc) is 3.15. The first kappa shape index (κ1) is 20.4. The van der Waals surface area contributed by atoms with Crippen molar-refractivity contribution < 1.29 is 4.79 Å². The van der Waals surface area contributed by atoms with Crippen molar-refractivity contribution in [1.82, 2.24) is 10.2 Å². The fraction of sp³-hybridized carbons (Fsp3) is 0.286. The number of anilines is 3. The van der Waals surface area contributed by atoms with Crippen molar-refractivity contribution in [3.8, 4) is 0 Å². The monoisotopic (exact) mass is 412 g/mol. The number of unbranched alkanes of at least 4 members (excludes halogenated alkanes) is 1. The van der Waals surface area contributed by atoms with Crippen molar-refractivity contribution in [3.05, 3.63) is 59.7 Å². The second-order valence-corrected chi connectivity index (χ2v) is 8.65. The first-order chi connectivity index (χ1) is 13.6. The van der Waals surface area contributed by atoms with Gasteiger partial charge in [0.05, 0.1) is 5.75 Å². The lowest BCUT2D eigenvalue weighted by Gasteiger charge is -2.06. The Morgan fingerprint density at radius 3 is 2.64 bits per heavy atom. The average molecular weight is 413 g/mol. The van der Waals surface area contributed by atoms with Gasteiger partial charge in [0.2, 0.25) is 11.0 Å². The minimum atomic E-state index is -0.0464. The third-order valence-electron chi connectivity index (χ3n) is 4.18. The van der Waals surface area contributed by atoms with E-state index in [1.807, 2.05) is 43.3 Å². The lowest BCUT2D eigenvalue weighted by Crippen LogP contribution is -2.13. The van der Waals surface area contributed by atoms with Crippen molar-refractivity contribution in [2.24, 2.45) is 0 Å². The number of nitrogens with one attached hydrogen (secondary N) is 2. The minimum absolute atomic E-state index is 0.0464. The first-order valence-electron chi connectivity index (χ1n) is 9.32. The van der Waals surface area contributed by atoms with Crippen LogP contribution in [0.2, 0.25) is 0 Å². The molecule has 0 saturated carbocycles. The SMILES string of the molecule is CCCCc1ccc(NC(=O)CSc2nnc(Nc3ccccc3C)s2)cc1. The number of amides is 1. The van der Waals surface area contributed by atoms with E-state index >= 15 is 0 Å². The van der Waals surface area contributed by atoms with Gasteiger partial charge in [0.15, 0.2) is 4.34 Å². The molecule has 28 heavy (non-hydrogen) atoms. The number of nitrogens with zero attached hydrogens (tertiary/aromatic N) is 2. The number of benzene rings is 2. The highest BCUT2D eigenvalue weighted by atomic mass is 32.2. The summed E-state index contributed by atoms with van der Waals surface area (Å²) in [5, 5.41) is 15.2. The van der Waals surface area contributed by atoms with E-state index in [9.17, 15) is 4.79 Å². The summed E-state index contributed by atoms with van der Waals surface area (Å²) in [5.41, 5.74) is 4.28. The van der Waals surface area contributed by atoms with Gasteiger partial charge in [-0.15, -0.1) is 10.2 Å². The van der Waals surface area contributed by atoms with E-state index in [1.54, 1.807) is 0 Å². The Kier molecular flexibility index (Phi) is 7.45. The topological polar surface area (TPSA) is 66.9 Å². The van der Waals surface area contributed by atoms with E-state index in [4.69, 9.17) is 0 Å². The number of aromatic nitrogens is 2. The van der Waals surface area contributed by atoms with Crippen LogP contribution in [0.15, 0.2) is 52.9 Å². The number of carbonyl (C=O) groups is 1. The highest BCUT2D eigenvalue weighted by molar-refractivity contribution is 8.01. The van der Waals surface area contributed by atoms with E-state index in [1.165, 1.54) is 41.5 Å². The van der Waals surface area contributed by atoms with Crippen LogP contribution in [0.4, 0.5) is 16.5 Å². The number of aryl methyl sites for hydroxylation is 2. The van der Waals surface area contributed by atoms with Crippen LogP contribution in [0, 0.1) is 6.92 Å². The van der Waals surface area contributed by atoms with Gasteiger partial charge in [-0.3, -0.25) is 4.79 Å². The molecule has 2 aromatic carbocycles. The lowest BCUT2D eigenvalue weighted by molar-refractivity contribution is -0.113. The summed E-state index contributed by atoms with van der Waals surface area (Å²) in [6.45, 7) is 4.23. The van der Waals surface area contributed by atoms with Crippen molar-refractivity contribution in [2.45, 2.75) is 37.4 Å². The molecule has 0 aliphatic heterocycles. The van der Waals surface area contributed by atoms with Gasteiger partial charge in [-0.05, 0) is 49.1 Å². The second-order valence-electron chi connectivity index (χ2n) is 6.45. The Bertz CT molecular complexity index is 909. The summed E-state index contributed by atoms with van der Waals surface area (Å²) < 4.78 is 0.765. The molecule has 2 N–H and O–H groups in total. The van der Waals surface area contributed by atoms with Gasteiger partial charge in [-0.1, -0.05) is 66.8 Å². The summed E-state index contributed by atoms with van der Waals surface area (Å²) in [7, 11) is 0. The Labute approximate surface area is 174 Å². The van der Waals surface area contributed by atoms with Gasteiger partial charge in [0.1, 0.15) is 0 Å². The van der Waals surface area contributed by atoms with Gasteiger partial charge in [-0.2, -0.15) is 0 Å². The number of para-hydroxylation sites is 1. The molecule has 0 radical (unpaired) electrons. The highest BCUT2D eigenvalue weighted by Crippen LogP contribution is 2.28. The van der Waals surface area contributed by atoms with Gasteiger partial charge < -0.3 is 10.6 Å². The normalized spacial score (nSPS) is 10.6. The maximum Gasteiger partial charge on any atom is 0.234 e. The molecule has 3 aromatic rings. The molecular weight excluding hydrogens is 388 g/mol. The Hall–Kier alpha value is -2.38. The van der Waals surface area contributed by atoms with Crippen LogP contribution in [0.25, 0.3) is 0 Å². The Morgan fingerprint density at radius 1 is 1.11 bits per heavy atom. The van der Waals surface area contributed by atoms with Crippen molar-refractivity contribution in [2.75, 3.05) is 16.4 Å². The van der Waals surface area contributed by atoms with Crippen LogP contribution in [0.3, 0.4) is 0 Å². The molecular formula is C21H24N4OS2. The maximum absolute atomic E-state index is 12.2. The number of rotatable bonds is 9. The van der Waals surface area contributed by atoms with E-state index in [0.29, 0.717) is 5.75 Å². The fourth-order valence-corrected chi connectivity index (χ4v) is 4.17. The minimum Gasteiger partial charge on any atom is -0.330 e. The molecule has 3 rings (SSSR count). The van der Waals surface area contributed by atoms with Crippen molar-refractivity contribution in [3.63, 3.8) is 0 Å². The van der Waals surface area contributed by atoms with E-state index in [2.05, 4.69) is 39.9 Å². The standard InChI is InChI=1S/C21H24N4OS2/c1-3-4-8-16-10-12-17(13-11-16)22-19(26)14-27-21-25-24-20(28-21)23-18-9-6-5-7-15(18)2/h5-7,9-13H,3-4,8,14H2,1-2H3,(H,22,26)(H,23,24). The van der Waals surface area contributed by atoms with Crippen LogP contribution in [-0.2, 0) is 11.2 Å². The molecule has 0 bridgehead atoms. The maximum atomic E-state index is 12.2. The number of thioether (sulfide) groups is 1. The van der Waals surface area contributed by atoms with Crippen LogP contribution in [0.1, 0.15) is 30.9 Å². The van der Waals surface area contributed by atoms with Gasteiger partial charge in [0, 0.05) is 11.4 Å². The predicted molar refractivity (Wildman–Crippen MR) is 119 cm³/mol. The Balaban J connectivity index is 1.47. The van der Waals surface area contributed by atoms with E-state index < -0.39 is 0 Å². The lowest BCUT2D eigenvalue weighted by atomic mass is 10.1. The largest absolute Gasteiger partial charge is 0.330 e. The first-order valence-corrected chi connectivity index (χ1v) is 11.1. The molecule has 0 atom stereocenters. The molecule has 0 aliphatic rings. The zero-order chi connectivity index (χ0) is 19.8. The molecule has 1 heterocycles. The summed E-state index contributed by atoms with van der Waals surface area (Å²) in [6, 6.07) is 16.1. The summed E-state index contributed by atoms with van der Waals surface area (Å²) >= 11 is 2.83. The predicted octanol–water partition coefficient (Wildman–Crippen LogP) is 5.66. The molecule has 5 nitrogen and oxygen atoms in total. The van der Waals surface area contributed by atoms with Gasteiger partial charge in [0.25, 0.3) is 0 Å². The van der Waals surface area contributed by atoms with Gasteiger partial charge >= 0.3 is 0 Å². The summed E-state index contributed by atoms with van der Waals surface area (Å²) in [6.07, 6.45) is 3.45. The van der Waals surface area contributed by atoms with E-state index in [-0.39, 0.29) is 5.91 Å².